The molecule has 6 heteroatoms. The number of hydrogen-bond donors (Lipinski definition) is 1. The molecule has 1 N–H and O–H groups in total. The fourth-order valence-corrected chi connectivity index (χ4v) is 1.34. The number of aldehydes is 1. The van der Waals surface area contributed by atoms with Crippen molar-refractivity contribution in [2.45, 2.75) is 0 Å². The van der Waals surface area contributed by atoms with E-state index in [9.17, 15) is 4.79 Å². The number of anilines is 1. The van der Waals surface area contributed by atoms with E-state index in [1.807, 2.05) is 0 Å². The number of carbonyl (C=O) groups is 1. The molecule has 6 nitrogen and oxygen atoms in total. The lowest BCUT2D eigenvalue weighted by Crippen LogP contribution is -2.01. The van der Waals surface area contributed by atoms with Gasteiger partial charge in [-0.2, -0.15) is 4.98 Å². The lowest BCUT2D eigenvalue weighted by molar-refractivity contribution is 0.111. The minimum atomic E-state index is 0.424. The summed E-state index contributed by atoms with van der Waals surface area (Å²) in [4.78, 5) is 19.0. The van der Waals surface area contributed by atoms with Crippen LogP contribution in [-0.2, 0) is 0 Å². The van der Waals surface area contributed by atoms with Crippen molar-refractivity contribution in [2.75, 3.05) is 19.5 Å². The summed E-state index contributed by atoms with van der Waals surface area (Å²) in [7, 11) is 3.25. The van der Waals surface area contributed by atoms with Gasteiger partial charge in [-0.05, 0) is 0 Å². The number of rotatable bonds is 3. The molecule has 0 aliphatic heterocycles. The zero-order valence-corrected chi connectivity index (χ0v) is 8.39. The molecule has 0 aliphatic rings. The maximum absolute atomic E-state index is 10.7. The first-order valence-electron chi connectivity index (χ1n) is 4.35. The third kappa shape index (κ3) is 1.39. The molecule has 15 heavy (non-hydrogen) atoms. The topological polar surface area (TPSA) is 68.5 Å². The van der Waals surface area contributed by atoms with E-state index in [1.54, 1.807) is 17.6 Å². The molecule has 0 saturated carbocycles. The summed E-state index contributed by atoms with van der Waals surface area (Å²) < 4.78 is 6.65. The predicted molar refractivity (Wildman–Crippen MR) is 54.5 cm³/mol. The first-order valence-corrected chi connectivity index (χ1v) is 4.35. The molecule has 0 saturated heterocycles. The van der Waals surface area contributed by atoms with Crippen LogP contribution in [0.3, 0.4) is 0 Å². The SMILES string of the molecule is CNc1nc(OC)cn2c(C=O)cnc12. The number of carbonyl (C=O) groups excluding carboxylic acids is 1. The lowest BCUT2D eigenvalue weighted by atomic mass is 10.5. The van der Waals surface area contributed by atoms with Gasteiger partial charge in [-0.15, -0.1) is 0 Å². The fraction of sp³-hybridized carbons (Fsp3) is 0.222. The van der Waals surface area contributed by atoms with Crippen LogP contribution in [0.1, 0.15) is 10.5 Å². The molecule has 2 heterocycles. The number of methoxy groups -OCH3 is 1. The highest BCUT2D eigenvalue weighted by molar-refractivity contribution is 5.76. The van der Waals surface area contributed by atoms with Crippen molar-refractivity contribution < 1.29 is 9.53 Å². The third-order valence-electron chi connectivity index (χ3n) is 2.07. The van der Waals surface area contributed by atoms with Gasteiger partial charge in [0.25, 0.3) is 0 Å². The van der Waals surface area contributed by atoms with Crippen LogP contribution in [0.4, 0.5) is 5.82 Å². The van der Waals surface area contributed by atoms with Crippen molar-refractivity contribution in [3.05, 3.63) is 18.1 Å². The van der Waals surface area contributed by atoms with Crippen LogP contribution in [0, 0.1) is 0 Å². The first-order chi connectivity index (χ1) is 7.30. The van der Waals surface area contributed by atoms with Crippen molar-refractivity contribution >= 4 is 17.8 Å². The predicted octanol–water partition coefficient (Wildman–Crippen LogP) is 0.592. The van der Waals surface area contributed by atoms with E-state index in [1.165, 1.54) is 13.3 Å². The zero-order chi connectivity index (χ0) is 10.8. The van der Waals surface area contributed by atoms with E-state index in [0.29, 0.717) is 23.0 Å². The smallest absolute Gasteiger partial charge is 0.232 e. The molecular formula is C9H10N4O2. The Morgan fingerprint density at radius 3 is 3.00 bits per heavy atom. The molecule has 2 aromatic heterocycles. The van der Waals surface area contributed by atoms with Crippen LogP contribution in [0.2, 0.25) is 0 Å². The van der Waals surface area contributed by atoms with Crippen LogP contribution in [0.5, 0.6) is 5.88 Å². The number of aromatic nitrogens is 3. The van der Waals surface area contributed by atoms with Crippen molar-refractivity contribution in [2.24, 2.45) is 0 Å². The van der Waals surface area contributed by atoms with Gasteiger partial charge in [-0.25, -0.2) is 4.98 Å². The largest absolute Gasteiger partial charge is 0.480 e. The second kappa shape index (κ2) is 3.56. The molecule has 0 aromatic carbocycles. The molecule has 0 atom stereocenters. The molecule has 2 aromatic rings. The monoisotopic (exact) mass is 206 g/mol. The van der Waals surface area contributed by atoms with Gasteiger partial charge in [0.1, 0.15) is 5.69 Å². The normalized spacial score (nSPS) is 10.3. The molecule has 0 radical (unpaired) electrons. The molecule has 78 valence electrons. The third-order valence-corrected chi connectivity index (χ3v) is 2.07. The Labute approximate surface area is 85.9 Å². The van der Waals surface area contributed by atoms with Crippen LogP contribution in [0.15, 0.2) is 12.4 Å². The standard InChI is InChI=1S/C9H10N4O2/c1-10-8-9-11-3-6(5-14)13(9)4-7(12-8)15-2/h3-5H,1-2H3,(H,10,12). The van der Waals surface area contributed by atoms with Crippen LogP contribution >= 0.6 is 0 Å². The summed E-state index contributed by atoms with van der Waals surface area (Å²) in [6, 6.07) is 0. The van der Waals surface area contributed by atoms with Crippen LogP contribution in [-0.4, -0.2) is 34.8 Å². The molecular weight excluding hydrogens is 196 g/mol. The summed E-state index contributed by atoms with van der Waals surface area (Å²) in [5, 5.41) is 2.89. The Bertz CT molecular complexity index is 506. The summed E-state index contributed by atoms with van der Waals surface area (Å²) in [5.74, 6) is 0.996. The lowest BCUT2D eigenvalue weighted by Gasteiger charge is -2.05. The van der Waals surface area contributed by atoms with Gasteiger partial charge in [-0.3, -0.25) is 9.20 Å². The summed E-state index contributed by atoms with van der Waals surface area (Å²) in [6.07, 6.45) is 3.84. The van der Waals surface area contributed by atoms with Gasteiger partial charge in [-0.1, -0.05) is 0 Å². The van der Waals surface area contributed by atoms with E-state index in [4.69, 9.17) is 4.74 Å². The zero-order valence-electron chi connectivity index (χ0n) is 8.39. The molecule has 0 unspecified atom stereocenters. The number of fused-ring (bicyclic) bond motifs is 1. The van der Waals surface area contributed by atoms with Gasteiger partial charge >= 0.3 is 0 Å². The minimum absolute atomic E-state index is 0.424. The summed E-state index contributed by atoms with van der Waals surface area (Å²) >= 11 is 0. The highest BCUT2D eigenvalue weighted by atomic mass is 16.5. The minimum Gasteiger partial charge on any atom is -0.480 e. The van der Waals surface area contributed by atoms with Gasteiger partial charge in [0, 0.05) is 7.05 Å². The number of ether oxygens (including phenoxy) is 1. The molecule has 0 bridgehead atoms. The van der Waals surface area contributed by atoms with Crippen molar-refractivity contribution in [1.29, 1.82) is 0 Å². The molecule has 0 fully saturated rings. The quantitative estimate of drug-likeness (QED) is 0.744. The van der Waals surface area contributed by atoms with E-state index in [0.717, 1.165) is 6.29 Å². The maximum atomic E-state index is 10.7. The molecule has 0 aliphatic carbocycles. The molecule has 0 spiro atoms. The molecule has 0 amide bonds. The van der Waals surface area contributed by atoms with Gasteiger partial charge < -0.3 is 10.1 Å². The van der Waals surface area contributed by atoms with E-state index in [-0.39, 0.29) is 0 Å². The van der Waals surface area contributed by atoms with E-state index < -0.39 is 0 Å². The Morgan fingerprint density at radius 2 is 2.40 bits per heavy atom. The number of nitrogens with one attached hydrogen (secondary N) is 1. The summed E-state index contributed by atoms with van der Waals surface area (Å²) in [6.45, 7) is 0. The van der Waals surface area contributed by atoms with Gasteiger partial charge in [0.2, 0.25) is 5.88 Å². The Hall–Kier alpha value is -2.11. The van der Waals surface area contributed by atoms with Crippen molar-refractivity contribution in [3.63, 3.8) is 0 Å². The first kappa shape index (κ1) is 9.45. The maximum Gasteiger partial charge on any atom is 0.232 e. The fourth-order valence-electron chi connectivity index (χ4n) is 1.34. The van der Waals surface area contributed by atoms with Crippen molar-refractivity contribution in [3.8, 4) is 5.88 Å². The summed E-state index contributed by atoms with van der Waals surface area (Å²) in [5.41, 5.74) is 1.06. The highest BCUT2D eigenvalue weighted by Crippen LogP contribution is 2.18. The number of nitrogens with zero attached hydrogens (tertiary/aromatic N) is 3. The Balaban J connectivity index is 2.77. The molecule has 2 rings (SSSR count). The average Bonchev–Trinajstić information content (AvgIpc) is 2.70. The van der Waals surface area contributed by atoms with Gasteiger partial charge in [0.15, 0.2) is 17.8 Å². The van der Waals surface area contributed by atoms with Crippen LogP contribution < -0.4 is 10.1 Å². The highest BCUT2D eigenvalue weighted by Gasteiger charge is 2.09. The van der Waals surface area contributed by atoms with Crippen LogP contribution in [0.25, 0.3) is 5.65 Å². The number of hydrogen-bond acceptors (Lipinski definition) is 5. The van der Waals surface area contributed by atoms with Gasteiger partial charge in [0.05, 0.1) is 19.5 Å². The van der Waals surface area contributed by atoms with E-state index in [2.05, 4.69) is 15.3 Å². The second-order valence-electron chi connectivity index (χ2n) is 2.88. The second-order valence-corrected chi connectivity index (χ2v) is 2.88. The van der Waals surface area contributed by atoms with E-state index >= 15 is 0 Å². The Morgan fingerprint density at radius 1 is 1.60 bits per heavy atom. The average molecular weight is 206 g/mol. The Kier molecular flexibility index (Phi) is 2.24. The number of imidazole rings is 1. The van der Waals surface area contributed by atoms with Crippen molar-refractivity contribution in [1.82, 2.24) is 14.4 Å².